The summed E-state index contributed by atoms with van der Waals surface area (Å²) >= 11 is 0. The van der Waals surface area contributed by atoms with Gasteiger partial charge in [0, 0.05) is 12.2 Å². The Kier molecular flexibility index (Phi) is 2.95. The molecule has 0 fully saturated rings. The lowest BCUT2D eigenvalue weighted by Crippen LogP contribution is -2.30. The van der Waals surface area contributed by atoms with Crippen molar-refractivity contribution in [3.05, 3.63) is 23.4 Å². The van der Waals surface area contributed by atoms with Gasteiger partial charge in [-0.25, -0.2) is 0 Å². The molecule has 1 aliphatic carbocycles. The summed E-state index contributed by atoms with van der Waals surface area (Å²) in [5.41, 5.74) is 2.99. The minimum Gasteiger partial charge on any atom is -0.385 e. The molecule has 0 saturated heterocycles. The van der Waals surface area contributed by atoms with E-state index in [9.17, 15) is 0 Å². The largest absolute Gasteiger partial charge is 0.385 e. The number of allylic oxidation sites excluding steroid dienone is 3. The maximum Gasteiger partial charge on any atom is 0.0331 e. The second-order valence-electron chi connectivity index (χ2n) is 4.77. The molecular formula is C13H21N. The summed E-state index contributed by atoms with van der Waals surface area (Å²) in [6.45, 7) is 5.79. The van der Waals surface area contributed by atoms with Crippen LogP contribution in [0.25, 0.3) is 0 Å². The number of hydrogen-bond acceptors (Lipinski definition) is 1. The zero-order valence-electron chi connectivity index (χ0n) is 9.34. The Hall–Kier alpha value is -0.720. The molecule has 0 amide bonds. The summed E-state index contributed by atoms with van der Waals surface area (Å²) in [6, 6.07) is 0. The molecule has 2 atom stereocenters. The molecule has 0 aromatic heterocycles. The van der Waals surface area contributed by atoms with Crippen molar-refractivity contribution in [2.45, 2.75) is 39.5 Å². The standard InChI is InChI=1S/C13H21N/c1-10-8-13(14-9-11(10)2)12-6-4-3-5-7-12/h6,8,10-11,14H,3-5,7,9H2,1-2H3/t10-,11+/m0/s1. The predicted octanol–water partition coefficient (Wildman–Crippen LogP) is 3.25. The van der Waals surface area contributed by atoms with Crippen LogP contribution in [0.5, 0.6) is 0 Å². The van der Waals surface area contributed by atoms with Gasteiger partial charge in [-0.2, -0.15) is 0 Å². The van der Waals surface area contributed by atoms with Gasteiger partial charge in [0.1, 0.15) is 0 Å². The Balaban J connectivity index is 2.10. The molecular weight excluding hydrogens is 170 g/mol. The minimum atomic E-state index is 0.731. The second kappa shape index (κ2) is 4.20. The van der Waals surface area contributed by atoms with Gasteiger partial charge < -0.3 is 5.32 Å². The van der Waals surface area contributed by atoms with Gasteiger partial charge in [0.2, 0.25) is 0 Å². The molecule has 0 bridgehead atoms. The predicted molar refractivity (Wildman–Crippen MR) is 61.0 cm³/mol. The Morgan fingerprint density at radius 3 is 2.79 bits per heavy atom. The first kappa shape index (κ1) is 9.82. The zero-order chi connectivity index (χ0) is 9.97. The molecule has 2 rings (SSSR count). The first-order valence-electron chi connectivity index (χ1n) is 5.92. The van der Waals surface area contributed by atoms with Gasteiger partial charge in [0.25, 0.3) is 0 Å². The van der Waals surface area contributed by atoms with E-state index in [0.29, 0.717) is 0 Å². The molecule has 14 heavy (non-hydrogen) atoms. The van der Waals surface area contributed by atoms with E-state index in [2.05, 4.69) is 31.3 Å². The topological polar surface area (TPSA) is 12.0 Å². The fourth-order valence-corrected chi connectivity index (χ4v) is 2.25. The highest BCUT2D eigenvalue weighted by Crippen LogP contribution is 2.27. The molecule has 0 saturated carbocycles. The van der Waals surface area contributed by atoms with Crippen LogP contribution < -0.4 is 5.32 Å². The van der Waals surface area contributed by atoms with E-state index in [-0.39, 0.29) is 0 Å². The zero-order valence-corrected chi connectivity index (χ0v) is 9.34. The van der Waals surface area contributed by atoms with Crippen molar-refractivity contribution < 1.29 is 0 Å². The third-order valence-electron chi connectivity index (χ3n) is 3.58. The first-order chi connectivity index (χ1) is 6.77. The van der Waals surface area contributed by atoms with Crippen molar-refractivity contribution in [3.63, 3.8) is 0 Å². The highest BCUT2D eigenvalue weighted by Gasteiger charge is 2.18. The van der Waals surface area contributed by atoms with E-state index in [1.807, 2.05) is 0 Å². The third kappa shape index (κ3) is 2.02. The molecule has 78 valence electrons. The summed E-state index contributed by atoms with van der Waals surface area (Å²) in [5.74, 6) is 1.51. The molecule has 1 N–H and O–H groups in total. The maximum absolute atomic E-state index is 3.56. The smallest absolute Gasteiger partial charge is 0.0331 e. The van der Waals surface area contributed by atoms with Crippen molar-refractivity contribution in [2.75, 3.05) is 6.54 Å². The molecule has 0 spiro atoms. The highest BCUT2D eigenvalue weighted by atomic mass is 14.9. The fraction of sp³-hybridized carbons (Fsp3) is 0.692. The minimum absolute atomic E-state index is 0.731. The van der Waals surface area contributed by atoms with Crippen molar-refractivity contribution >= 4 is 0 Å². The lowest BCUT2D eigenvalue weighted by atomic mass is 9.88. The van der Waals surface area contributed by atoms with Crippen molar-refractivity contribution in [1.82, 2.24) is 5.32 Å². The quantitative estimate of drug-likeness (QED) is 0.671. The van der Waals surface area contributed by atoms with Gasteiger partial charge in [0.15, 0.2) is 0 Å². The van der Waals surface area contributed by atoms with Gasteiger partial charge in [-0.05, 0) is 43.1 Å². The highest BCUT2D eigenvalue weighted by molar-refractivity contribution is 5.32. The number of hydrogen-bond donors (Lipinski definition) is 1. The van der Waals surface area contributed by atoms with Crippen molar-refractivity contribution in [3.8, 4) is 0 Å². The Morgan fingerprint density at radius 2 is 2.14 bits per heavy atom. The lowest BCUT2D eigenvalue weighted by molar-refractivity contribution is 0.415. The van der Waals surface area contributed by atoms with E-state index in [0.717, 1.165) is 18.4 Å². The molecule has 1 heteroatoms. The van der Waals surface area contributed by atoms with Crippen LogP contribution in [0.4, 0.5) is 0 Å². The van der Waals surface area contributed by atoms with Crippen LogP contribution in [0, 0.1) is 11.8 Å². The summed E-state index contributed by atoms with van der Waals surface area (Å²) in [4.78, 5) is 0. The van der Waals surface area contributed by atoms with E-state index < -0.39 is 0 Å². The maximum atomic E-state index is 3.56. The second-order valence-corrected chi connectivity index (χ2v) is 4.77. The summed E-state index contributed by atoms with van der Waals surface area (Å²) in [7, 11) is 0. The van der Waals surface area contributed by atoms with Crippen molar-refractivity contribution in [1.29, 1.82) is 0 Å². The molecule has 0 aromatic rings. The summed E-state index contributed by atoms with van der Waals surface area (Å²) in [5, 5.41) is 3.56. The van der Waals surface area contributed by atoms with Crippen LogP contribution >= 0.6 is 0 Å². The van der Waals surface area contributed by atoms with Gasteiger partial charge in [0.05, 0.1) is 0 Å². The average Bonchev–Trinajstić information content (AvgIpc) is 2.23. The monoisotopic (exact) mass is 191 g/mol. The molecule has 1 aliphatic heterocycles. The van der Waals surface area contributed by atoms with Gasteiger partial charge in [-0.15, -0.1) is 0 Å². The van der Waals surface area contributed by atoms with Gasteiger partial charge in [-0.3, -0.25) is 0 Å². The van der Waals surface area contributed by atoms with Crippen molar-refractivity contribution in [2.24, 2.45) is 11.8 Å². The number of rotatable bonds is 1. The van der Waals surface area contributed by atoms with Crippen LogP contribution in [-0.2, 0) is 0 Å². The van der Waals surface area contributed by atoms with E-state index in [4.69, 9.17) is 0 Å². The van der Waals surface area contributed by atoms with E-state index in [1.165, 1.54) is 31.4 Å². The van der Waals surface area contributed by atoms with Gasteiger partial charge >= 0.3 is 0 Å². The Bertz CT molecular complexity index is 262. The fourth-order valence-electron chi connectivity index (χ4n) is 2.25. The molecule has 2 aliphatic rings. The average molecular weight is 191 g/mol. The van der Waals surface area contributed by atoms with Crippen LogP contribution in [0.3, 0.4) is 0 Å². The number of nitrogens with one attached hydrogen (secondary N) is 1. The Morgan fingerprint density at radius 1 is 1.29 bits per heavy atom. The normalized spacial score (nSPS) is 33.0. The van der Waals surface area contributed by atoms with Crippen LogP contribution in [0.2, 0.25) is 0 Å². The van der Waals surface area contributed by atoms with Gasteiger partial charge in [-0.1, -0.05) is 26.0 Å². The van der Waals surface area contributed by atoms with Crippen LogP contribution in [-0.4, -0.2) is 6.54 Å². The first-order valence-corrected chi connectivity index (χ1v) is 5.92. The van der Waals surface area contributed by atoms with Crippen LogP contribution in [0.15, 0.2) is 23.4 Å². The molecule has 1 heterocycles. The van der Waals surface area contributed by atoms with E-state index in [1.54, 1.807) is 5.57 Å². The molecule has 0 radical (unpaired) electrons. The molecule has 0 aromatic carbocycles. The summed E-state index contributed by atoms with van der Waals surface area (Å²) < 4.78 is 0. The summed E-state index contributed by atoms with van der Waals surface area (Å²) in [6.07, 6.45) is 10.1. The van der Waals surface area contributed by atoms with E-state index >= 15 is 0 Å². The van der Waals surface area contributed by atoms with Crippen LogP contribution in [0.1, 0.15) is 39.5 Å². The SMILES string of the molecule is C[C@@H]1CNC(C2=CCCCC2)=C[C@@H]1C. The third-order valence-corrected chi connectivity index (χ3v) is 3.58. The lowest BCUT2D eigenvalue weighted by Gasteiger charge is -2.28. The molecule has 1 nitrogen and oxygen atoms in total. The Labute approximate surface area is 87.3 Å². The molecule has 0 unspecified atom stereocenters.